The molecule has 0 aromatic heterocycles. The summed E-state index contributed by atoms with van der Waals surface area (Å²) in [5.41, 5.74) is 9.49. The zero-order valence-electron chi connectivity index (χ0n) is 12.0. The lowest BCUT2D eigenvalue weighted by atomic mass is 9.75. The largest absolute Gasteiger partial charge is 0.327 e. The first kappa shape index (κ1) is 14.0. The number of nitrogens with two attached hydrogens (primary N) is 1. The van der Waals surface area contributed by atoms with Crippen molar-refractivity contribution in [3.05, 3.63) is 29.3 Å². The van der Waals surface area contributed by atoms with Crippen LogP contribution in [0.25, 0.3) is 0 Å². The number of hydrogen-bond acceptors (Lipinski definition) is 2. The number of benzene rings is 1. The first-order valence-corrected chi connectivity index (χ1v) is 7.75. The van der Waals surface area contributed by atoms with Crippen LogP contribution in [-0.4, -0.2) is 11.3 Å². The van der Waals surface area contributed by atoms with Gasteiger partial charge >= 0.3 is 0 Å². The summed E-state index contributed by atoms with van der Waals surface area (Å²) in [6.45, 7) is 9.09. The highest BCUT2D eigenvalue weighted by Crippen LogP contribution is 2.42. The van der Waals surface area contributed by atoms with E-state index in [-0.39, 0.29) is 0 Å². The van der Waals surface area contributed by atoms with Gasteiger partial charge in [-0.05, 0) is 61.8 Å². The maximum absolute atomic E-state index is 6.30. The molecule has 2 heteroatoms. The second-order valence-electron chi connectivity index (χ2n) is 6.47. The summed E-state index contributed by atoms with van der Waals surface area (Å²) in [5.74, 6) is 0. The third-order valence-corrected chi connectivity index (χ3v) is 5.50. The lowest BCUT2D eigenvalue weighted by Gasteiger charge is -2.38. The summed E-state index contributed by atoms with van der Waals surface area (Å²) in [6, 6.07) is 7.11. The Morgan fingerprint density at radius 1 is 1.22 bits per heavy atom. The van der Waals surface area contributed by atoms with Crippen molar-refractivity contribution in [2.75, 3.05) is 0 Å². The highest BCUT2D eigenvalue weighted by molar-refractivity contribution is 8.00. The van der Waals surface area contributed by atoms with E-state index in [4.69, 9.17) is 5.73 Å². The molecule has 2 N–H and O–H groups in total. The van der Waals surface area contributed by atoms with Crippen LogP contribution in [0.1, 0.15) is 44.2 Å². The molecule has 0 bridgehead atoms. The Bertz CT molecular complexity index is 425. The zero-order valence-corrected chi connectivity index (χ0v) is 12.8. The van der Waals surface area contributed by atoms with Crippen LogP contribution in [0, 0.1) is 19.3 Å². The average molecular weight is 263 g/mol. The molecule has 1 aromatic carbocycles. The zero-order chi connectivity index (χ0) is 13.3. The molecule has 1 aliphatic rings. The van der Waals surface area contributed by atoms with Gasteiger partial charge < -0.3 is 5.73 Å². The van der Waals surface area contributed by atoms with Crippen LogP contribution in [0.15, 0.2) is 23.1 Å². The van der Waals surface area contributed by atoms with E-state index in [0.717, 1.165) is 6.42 Å². The fraction of sp³-hybridized carbons (Fsp3) is 0.625. The van der Waals surface area contributed by atoms with Gasteiger partial charge in [0.2, 0.25) is 0 Å². The minimum Gasteiger partial charge on any atom is -0.327 e. The van der Waals surface area contributed by atoms with Gasteiger partial charge in [-0.15, -0.1) is 11.8 Å². The summed E-state index contributed by atoms with van der Waals surface area (Å²) in [4.78, 5) is 1.37. The van der Waals surface area contributed by atoms with Crippen molar-refractivity contribution in [1.82, 2.24) is 0 Å². The van der Waals surface area contributed by atoms with Crippen molar-refractivity contribution in [1.29, 1.82) is 0 Å². The first-order chi connectivity index (χ1) is 8.37. The number of hydrogen-bond donors (Lipinski definition) is 1. The lowest BCUT2D eigenvalue weighted by Crippen LogP contribution is -2.41. The monoisotopic (exact) mass is 263 g/mol. The summed E-state index contributed by atoms with van der Waals surface area (Å²) in [6.07, 6.45) is 3.65. The molecule has 0 saturated heterocycles. The average Bonchev–Trinajstić information content (AvgIpc) is 2.28. The predicted octanol–water partition coefficient (Wildman–Crippen LogP) is 4.30. The number of aryl methyl sites for hydroxylation is 2. The van der Waals surface area contributed by atoms with Crippen molar-refractivity contribution >= 4 is 11.8 Å². The quantitative estimate of drug-likeness (QED) is 0.861. The third kappa shape index (κ3) is 3.30. The van der Waals surface area contributed by atoms with Crippen molar-refractivity contribution < 1.29 is 0 Å². The van der Waals surface area contributed by atoms with Gasteiger partial charge in [0.05, 0.1) is 0 Å². The Morgan fingerprint density at radius 3 is 2.61 bits per heavy atom. The molecule has 1 nitrogen and oxygen atoms in total. The van der Waals surface area contributed by atoms with Gasteiger partial charge in [0.25, 0.3) is 0 Å². The van der Waals surface area contributed by atoms with Gasteiger partial charge in [-0.2, -0.15) is 0 Å². The SMILES string of the molecule is Cc1ccc(SC2CC(C)(C)CCC2N)cc1C. The van der Waals surface area contributed by atoms with Crippen LogP contribution in [0.3, 0.4) is 0 Å². The molecular formula is C16H25NS. The molecule has 2 atom stereocenters. The van der Waals surface area contributed by atoms with Crippen LogP contribution in [-0.2, 0) is 0 Å². The molecule has 1 aliphatic carbocycles. The second kappa shape index (κ2) is 5.26. The number of rotatable bonds is 2. The Labute approximate surface area is 116 Å². The van der Waals surface area contributed by atoms with Gasteiger partial charge in [-0.1, -0.05) is 19.9 Å². The lowest BCUT2D eigenvalue weighted by molar-refractivity contribution is 0.232. The van der Waals surface area contributed by atoms with E-state index < -0.39 is 0 Å². The fourth-order valence-electron chi connectivity index (χ4n) is 2.63. The molecule has 100 valence electrons. The van der Waals surface area contributed by atoms with E-state index in [9.17, 15) is 0 Å². The molecule has 2 unspecified atom stereocenters. The van der Waals surface area contributed by atoms with Gasteiger partial charge in [0, 0.05) is 16.2 Å². The maximum Gasteiger partial charge on any atom is 0.0251 e. The molecule has 2 rings (SSSR count). The van der Waals surface area contributed by atoms with Crippen molar-refractivity contribution in [2.24, 2.45) is 11.1 Å². The second-order valence-corrected chi connectivity index (χ2v) is 7.79. The molecule has 0 aliphatic heterocycles. The van der Waals surface area contributed by atoms with Crippen LogP contribution < -0.4 is 5.73 Å². The Morgan fingerprint density at radius 2 is 1.94 bits per heavy atom. The summed E-state index contributed by atoms with van der Waals surface area (Å²) < 4.78 is 0. The molecule has 1 fully saturated rings. The fourth-order valence-corrected chi connectivity index (χ4v) is 4.22. The van der Waals surface area contributed by atoms with Crippen LogP contribution >= 0.6 is 11.8 Å². The normalized spacial score (nSPS) is 27.2. The maximum atomic E-state index is 6.30. The Balaban J connectivity index is 2.09. The van der Waals surface area contributed by atoms with E-state index in [1.165, 1.54) is 28.9 Å². The molecule has 0 amide bonds. The highest BCUT2D eigenvalue weighted by atomic mass is 32.2. The number of thioether (sulfide) groups is 1. The highest BCUT2D eigenvalue weighted by Gasteiger charge is 2.33. The standard InChI is InChI=1S/C16H25NS/c1-11-5-6-13(9-12(11)2)18-15-10-16(3,4)8-7-14(15)17/h5-6,9,14-15H,7-8,10,17H2,1-4H3. The van der Waals surface area contributed by atoms with E-state index in [2.05, 4.69) is 45.9 Å². The first-order valence-electron chi connectivity index (χ1n) is 6.87. The minimum absolute atomic E-state index is 0.352. The minimum atomic E-state index is 0.352. The molecule has 1 saturated carbocycles. The molecule has 18 heavy (non-hydrogen) atoms. The van der Waals surface area contributed by atoms with Crippen molar-refractivity contribution in [3.63, 3.8) is 0 Å². The van der Waals surface area contributed by atoms with Crippen molar-refractivity contribution in [2.45, 2.75) is 63.1 Å². The molecule has 1 aromatic rings. The van der Waals surface area contributed by atoms with Crippen LogP contribution in [0.5, 0.6) is 0 Å². The summed E-state index contributed by atoms with van der Waals surface area (Å²) >= 11 is 1.97. The van der Waals surface area contributed by atoms with E-state index in [1.54, 1.807) is 0 Å². The molecule has 0 radical (unpaired) electrons. The summed E-state index contributed by atoms with van der Waals surface area (Å²) in [5, 5.41) is 0.566. The summed E-state index contributed by atoms with van der Waals surface area (Å²) in [7, 11) is 0. The molecule has 0 spiro atoms. The van der Waals surface area contributed by atoms with Crippen molar-refractivity contribution in [3.8, 4) is 0 Å². The molecular weight excluding hydrogens is 238 g/mol. The topological polar surface area (TPSA) is 26.0 Å². The van der Waals surface area contributed by atoms with Gasteiger partial charge in [-0.3, -0.25) is 0 Å². The predicted molar refractivity (Wildman–Crippen MR) is 81.2 cm³/mol. The van der Waals surface area contributed by atoms with E-state index in [0.29, 0.717) is 16.7 Å². The smallest absolute Gasteiger partial charge is 0.0251 e. The molecule has 0 heterocycles. The van der Waals surface area contributed by atoms with E-state index in [1.807, 2.05) is 11.8 Å². The van der Waals surface area contributed by atoms with Crippen LogP contribution in [0.2, 0.25) is 0 Å². The van der Waals surface area contributed by atoms with Gasteiger partial charge in [0.1, 0.15) is 0 Å². The Kier molecular flexibility index (Phi) is 4.08. The van der Waals surface area contributed by atoms with Gasteiger partial charge in [-0.25, -0.2) is 0 Å². The van der Waals surface area contributed by atoms with Gasteiger partial charge in [0.15, 0.2) is 0 Å². The Hall–Kier alpha value is -0.470. The third-order valence-electron chi connectivity index (χ3n) is 4.15. The van der Waals surface area contributed by atoms with Crippen LogP contribution in [0.4, 0.5) is 0 Å². The van der Waals surface area contributed by atoms with E-state index >= 15 is 0 Å².